The fourth-order valence-electron chi connectivity index (χ4n) is 3.45. The SMILES string of the molecule is COC1=CC2C(N)C3C=C(C)C=CC3C2C=C1. The van der Waals surface area contributed by atoms with Gasteiger partial charge >= 0.3 is 0 Å². The minimum Gasteiger partial charge on any atom is -0.497 e. The summed E-state index contributed by atoms with van der Waals surface area (Å²) in [6.45, 7) is 2.15. The topological polar surface area (TPSA) is 35.2 Å². The Kier molecular flexibility index (Phi) is 2.48. The van der Waals surface area contributed by atoms with Crippen molar-refractivity contribution in [2.24, 2.45) is 29.4 Å². The van der Waals surface area contributed by atoms with Crippen LogP contribution in [0.25, 0.3) is 0 Å². The van der Waals surface area contributed by atoms with Gasteiger partial charge in [-0.3, -0.25) is 0 Å². The third kappa shape index (κ3) is 1.59. The normalized spacial score (nSPS) is 42.6. The highest BCUT2D eigenvalue weighted by molar-refractivity contribution is 5.34. The van der Waals surface area contributed by atoms with Crippen molar-refractivity contribution in [2.75, 3.05) is 7.11 Å². The summed E-state index contributed by atoms with van der Waals surface area (Å²) >= 11 is 0. The lowest BCUT2D eigenvalue weighted by molar-refractivity contribution is 0.293. The van der Waals surface area contributed by atoms with Gasteiger partial charge in [-0.2, -0.15) is 0 Å². The largest absolute Gasteiger partial charge is 0.497 e. The van der Waals surface area contributed by atoms with Crippen LogP contribution in [-0.2, 0) is 4.74 Å². The highest BCUT2D eigenvalue weighted by Gasteiger charge is 2.46. The van der Waals surface area contributed by atoms with Crippen molar-refractivity contribution >= 4 is 0 Å². The minimum absolute atomic E-state index is 0.208. The molecular weight excluding hydrogens is 210 g/mol. The molecule has 5 atom stereocenters. The number of ether oxygens (including phenoxy) is 1. The van der Waals surface area contributed by atoms with Gasteiger partial charge in [0.25, 0.3) is 0 Å². The average Bonchev–Trinajstić information content (AvgIpc) is 2.62. The van der Waals surface area contributed by atoms with Gasteiger partial charge in [0.05, 0.1) is 7.11 Å². The van der Waals surface area contributed by atoms with Crippen LogP contribution in [-0.4, -0.2) is 13.2 Å². The highest BCUT2D eigenvalue weighted by atomic mass is 16.5. The van der Waals surface area contributed by atoms with Gasteiger partial charge in [-0.1, -0.05) is 29.9 Å². The lowest BCUT2D eigenvalue weighted by Gasteiger charge is -2.23. The lowest BCUT2D eigenvalue weighted by Crippen LogP contribution is -2.32. The zero-order valence-electron chi connectivity index (χ0n) is 10.3. The van der Waals surface area contributed by atoms with Crippen molar-refractivity contribution in [1.82, 2.24) is 0 Å². The van der Waals surface area contributed by atoms with Crippen LogP contribution in [0, 0.1) is 23.7 Å². The summed E-state index contributed by atoms with van der Waals surface area (Å²) in [7, 11) is 1.72. The Morgan fingerprint density at radius 1 is 1.00 bits per heavy atom. The predicted molar refractivity (Wildman–Crippen MR) is 69.1 cm³/mol. The van der Waals surface area contributed by atoms with Crippen molar-refractivity contribution in [3.8, 4) is 0 Å². The molecule has 0 saturated heterocycles. The Morgan fingerprint density at radius 3 is 2.35 bits per heavy atom. The molecule has 3 aliphatic rings. The molecule has 0 radical (unpaired) electrons. The molecule has 2 N–H and O–H groups in total. The lowest BCUT2D eigenvalue weighted by atomic mass is 9.82. The van der Waals surface area contributed by atoms with E-state index in [1.807, 2.05) is 0 Å². The maximum atomic E-state index is 6.41. The van der Waals surface area contributed by atoms with Gasteiger partial charge in [0.15, 0.2) is 0 Å². The van der Waals surface area contributed by atoms with Crippen LogP contribution in [0.5, 0.6) is 0 Å². The van der Waals surface area contributed by atoms with Crippen LogP contribution >= 0.6 is 0 Å². The van der Waals surface area contributed by atoms with E-state index in [1.54, 1.807) is 7.11 Å². The van der Waals surface area contributed by atoms with Gasteiger partial charge in [0.2, 0.25) is 0 Å². The van der Waals surface area contributed by atoms with Crippen LogP contribution < -0.4 is 5.73 Å². The third-order valence-corrected chi connectivity index (χ3v) is 4.33. The maximum absolute atomic E-state index is 6.41. The zero-order chi connectivity index (χ0) is 12.0. The second-order valence-electron chi connectivity index (χ2n) is 5.29. The first-order valence-corrected chi connectivity index (χ1v) is 6.27. The molecule has 0 aromatic carbocycles. The van der Waals surface area contributed by atoms with Crippen LogP contribution in [0.15, 0.2) is 47.8 Å². The maximum Gasteiger partial charge on any atom is 0.114 e. The van der Waals surface area contributed by atoms with E-state index in [0.29, 0.717) is 23.7 Å². The number of rotatable bonds is 1. The summed E-state index contributed by atoms with van der Waals surface area (Å²) < 4.78 is 5.31. The summed E-state index contributed by atoms with van der Waals surface area (Å²) in [4.78, 5) is 0. The van der Waals surface area contributed by atoms with Gasteiger partial charge in [-0.05, 0) is 36.8 Å². The van der Waals surface area contributed by atoms with Gasteiger partial charge in [0, 0.05) is 12.0 Å². The molecular formula is C15H19NO. The Morgan fingerprint density at radius 2 is 1.65 bits per heavy atom. The van der Waals surface area contributed by atoms with Crippen molar-refractivity contribution in [2.45, 2.75) is 13.0 Å². The smallest absolute Gasteiger partial charge is 0.114 e. The molecule has 3 aliphatic carbocycles. The molecule has 2 nitrogen and oxygen atoms in total. The molecule has 17 heavy (non-hydrogen) atoms. The van der Waals surface area contributed by atoms with E-state index in [2.05, 4.69) is 43.4 Å². The molecule has 1 saturated carbocycles. The summed E-state index contributed by atoms with van der Waals surface area (Å²) in [5.74, 6) is 2.94. The van der Waals surface area contributed by atoms with Crippen molar-refractivity contribution in [1.29, 1.82) is 0 Å². The minimum atomic E-state index is 0.208. The van der Waals surface area contributed by atoms with E-state index in [1.165, 1.54) is 5.57 Å². The molecule has 5 unspecified atom stereocenters. The molecule has 0 amide bonds. The second-order valence-corrected chi connectivity index (χ2v) is 5.29. The Balaban J connectivity index is 1.95. The zero-order valence-corrected chi connectivity index (χ0v) is 10.3. The second kappa shape index (κ2) is 3.88. The molecule has 0 bridgehead atoms. The predicted octanol–water partition coefficient (Wildman–Crippen LogP) is 2.41. The number of nitrogens with two attached hydrogens (primary N) is 1. The fraction of sp³-hybridized carbons (Fsp3) is 0.467. The van der Waals surface area contributed by atoms with E-state index in [-0.39, 0.29) is 6.04 Å². The highest BCUT2D eigenvalue weighted by Crippen LogP contribution is 2.47. The Bertz CT molecular complexity index is 444. The van der Waals surface area contributed by atoms with Gasteiger partial charge in [-0.25, -0.2) is 0 Å². The quantitative estimate of drug-likeness (QED) is 0.749. The van der Waals surface area contributed by atoms with Crippen LogP contribution in [0.2, 0.25) is 0 Å². The summed E-state index contributed by atoms with van der Waals surface area (Å²) in [6.07, 6.45) is 13.4. The number of allylic oxidation sites excluding steroid dienone is 5. The standard InChI is InChI=1S/C15H19NO/c1-9-3-5-11-12-6-4-10(17-2)8-14(12)15(16)13(11)7-9/h3-8,11-15H,16H2,1-2H3. The third-order valence-electron chi connectivity index (χ3n) is 4.33. The molecule has 2 heteroatoms. The van der Waals surface area contributed by atoms with Crippen LogP contribution in [0.4, 0.5) is 0 Å². The summed E-state index contributed by atoms with van der Waals surface area (Å²) in [6, 6.07) is 0.208. The molecule has 0 spiro atoms. The molecule has 0 aromatic rings. The van der Waals surface area contributed by atoms with Crippen LogP contribution in [0.1, 0.15) is 6.92 Å². The molecule has 0 aromatic heterocycles. The monoisotopic (exact) mass is 229 g/mol. The molecule has 90 valence electrons. The first kappa shape index (κ1) is 10.8. The number of hydrogen-bond donors (Lipinski definition) is 1. The fourth-order valence-corrected chi connectivity index (χ4v) is 3.45. The Hall–Kier alpha value is -1.28. The Labute approximate surface area is 103 Å². The van der Waals surface area contributed by atoms with Crippen LogP contribution in [0.3, 0.4) is 0 Å². The molecule has 0 aliphatic heterocycles. The molecule has 1 fully saturated rings. The number of methoxy groups -OCH3 is 1. The van der Waals surface area contributed by atoms with Gasteiger partial charge < -0.3 is 10.5 Å². The van der Waals surface area contributed by atoms with E-state index < -0.39 is 0 Å². The van der Waals surface area contributed by atoms with Crippen molar-refractivity contribution in [3.05, 3.63) is 47.8 Å². The van der Waals surface area contributed by atoms with E-state index in [0.717, 1.165) is 5.76 Å². The first-order valence-electron chi connectivity index (χ1n) is 6.27. The number of fused-ring (bicyclic) bond motifs is 3. The van der Waals surface area contributed by atoms with E-state index in [4.69, 9.17) is 10.5 Å². The van der Waals surface area contributed by atoms with Crippen molar-refractivity contribution in [3.63, 3.8) is 0 Å². The van der Waals surface area contributed by atoms with Gasteiger partial charge in [-0.15, -0.1) is 0 Å². The first-order chi connectivity index (χ1) is 8.20. The van der Waals surface area contributed by atoms with E-state index in [9.17, 15) is 0 Å². The summed E-state index contributed by atoms with van der Waals surface area (Å²) in [5.41, 5.74) is 7.74. The van der Waals surface area contributed by atoms with Gasteiger partial charge in [0.1, 0.15) is 5.76 Å². The molecule has 0 heterocycles. The summed E-state index contributed by atoms with van der Waals surface area (Å²) in [5, 5.41) is 0. The van der Waals surface area contributed by atoms with E-state index >= 15 is 0 Å². The van der Waals surface area contributed by atoms with Crippen molar-refractivity contribution < 1.29 is 4.74 Å². The average molecular weight is 229 g/mol. The molecule has 3 rings (SSSR count). The number of hydrogen-bond acceptors (Lipinski definition) is 2.